The second-order valence-electron chi connectivity index (χ2n) is 11.5. The molecular weight excluding hydrogens is 536 g/mol. The summed E-state index contributed by atoms with van der Waals surface area (Å²) in [5.41, 5.74) is 11.5. The Balaban J connectivity index is 1.08. The van der Waals surface area contributed by atoms with E-state index in [1.807, 2.05) is 18.5 Å². The molecule has 2 aromatic heterocycles. The molecule has 1 aromatic carbocycles. The molecule has 7 rings (SSSR count). The third-order valence-corrected chi connectivity index (χ3v) is 12.0. The second-order valence-corrected chi connectivity index (χ2v) is 14.7. The van der Waals surface area contributed by atoms with Crippen molar-refractivity contribution in [3.05, 3.63) is 64.1 Å². The molecule has 10 heteroatoms. The van der Waals surface area contributed by atoms with Crippen molar-refractivity contribution in [2.45, 2.75) is 72.6 Å². The number of hydrogen-bond acceptors (Lipinski definition) is 8. The molecule has 38 heavy (non-hydrogen) atoms. The zero-order chi connectivity index (χ0) is 26.2. The van der Waals surface area contributed by atoms with Crippen molar-refractivity contribution in [3.8, 4) is 0 Å². The summed E-state index contributed by atoms with van der Waals surface area (Å²) in [4.78, 5) is 17.1. The highest BCUT2D eigenvalue weighted by Crippen LogP contribution is 2.57. The van der Waals surface area contributed by atoms with Crippen LogP contribution in [0.5, 0.6) is 0 Å². The number of benzene rings is 1. The molecule has 2 fully saturated rings. The molecule has 1 spiro atoms. The maximum atomic E-state index is 13.2. The molecule has 3 aromatic rings. The average molecular weight is 567 g/mol. The van der Waals surface area contributed by atoms with Crippen molar-refractivity contribution < 1.29 is 4.55 Å². The van der Waals surface area contributed by atoms with Gasteiger partial charge in [-0.05, 0) is 63.1 Å². The summed E-state index contributed by atoms with van der Waals surface area (Å²) < 4.78 is 16.3. The average Bonchev–Trinajstić information content (AvgIpc) is 3.70. The number of nitrogens with one attached hydrogen (secondary N) is 1. The number of aromatic nitrogens is 3. The van der Waals surface area contributed by atoms with Gasteiger partial charge in [0, 0.05) is 52.4 Å². The van der Waals surface area contributed by atoms with Crippen LogP contribution in [-0.4, -0.2) is 32.6 Å². The SMILES string of the molecule is CC1(C)c2cccc3c2[C@@H](N[S@+]1[O-])C1(CCN(c2cnc(Sc4ccnc(C5CC5)c4Cl)c(N)n2)CC1)C3. The summed E-state index contributed by atoms with van der Waals surface area (Å²) in [6, 6.07) is 8.60. The summed E-state index contributed by atoms with van der Waals surface area (Å²) in [5.74, 6) is 1.70. The standard InChI is InChI=1S/C28H31ClN6OS2/c1-27(2)18-5-3-4-17-14-28(24(21(17)18)34-38(27)36)9-12-35(13-10-28)20-15-32-26(25(30)33-20)37-19-8-11-31-23(22(19)29)16-6-7-16/h3-5,8,11,15-16,24,34H,6-7,9-10,12-14H2,1-2H3,(H2,30,33)/t24-,38-/m1/s1. The number of nitrogens with two attached hydrogens (primary N) is 1. The predicted molar refractivity (Wildman–Crippen MR) is 153 cm³/mol. The fourth-order valence-electron chi connectivity index (χ4n) is 6.48. The third kappa shape index (κ3) is 3.92. The quantitative estimate of drug-likeness (QED) is 0.398. The molecule has 2 aliphatic heterocycles. The number of pyridine rings is 1. The highest BCUT2D eigenvalue weighted by molar-refractivity contribution is 7.99. The maximum absolute atomic E-state index is 13.2. The number of nitrogens with zero attached hydrogens (tertiary/aromatic N) is 4. The number of nitrogen functional groups attached to an aromatic ring is 1. The van der Waals surface area contributed by atoms with Gasteiger partial charge in [-0.2, -0.15) is 0 Å². The Morgan fingerprint density at radius 1 is 1.18 bits per heavy atom. The molecule has 1 saturated heterocycles. The van der Waals surface area contributed by atoms with Gasteiger partial charge in [0.1, 0.15) is 10.8 Å². The Morgan fingerprint density at radius 2 is 1.97 bits per heavy atom. The van der Waals surface area contributed by atoms with Crippen LogP contribution in [-0.2, 0) is 22.5 Å². The van der Waals surface area contributed by atoms with E-state index in [2.05, 4.69) is 51.6 Å². The van der Waals surface area contributed by atoms with E-state index in [4.69, 9.17) is 22.3 Å². The van der Waals surface area contributed by atoms with Gasteiger partial charge in [-0.3, -0.25) is 4.98 Å². The van der Waals surface area contributed by atoms with E-state index in [0.29, 0.717) is 21.8 Å². The number of piperidine rings is 1. The summed E-state index contributed by atoms with van der Waals surface area (Å²) in [7, 11) is 0. The van der Waals surface area contributed by atoms with Crippen molar-refractivity contribution in [1.29, 1.82) is 0 Å². The maximum Gasteiger partial charge on any atom is 0.164 e. The Morgan fingerprint density at radius 3 is 2.71 bits per heavy atom. The van der Waals surface area contributed by atoms with E-state index >= 15 is 0 Å². The third-order valence-electron chi connectivity index (χ3n) is 8.86. The highest BCUT2D eigenvalue weighted by atomic mass is 35.5. The van der Waals surface area contributed by atoms with Crippen LogP contribution < -0.4 is 15.4 Å². The van der Waals surface area contributed by atoms with Gasteiger partial charge < -0.3 is 15.2 Å². The predicted octanol–water partition coefficient (Wildman–Crippen LogP) is 5.52. The minimum absolute atomic E-state index is 0.0627. The highest BCUT2D eigenvalue weighted by Gasteiger charge is 2.56. The number of fused-ring (bicyclic) bond motifs is 1. The lowest BCUT2D eigenvalue weighted by Crippen LogP contribution is -2.52. The van der Waals surface area contributed by atoms with Crippen LogP contribution in [0.2, 0.25) is 5.02 Å². The van der Waals surface area contributed by atoms with Crippen LogP contribution in [0.3, 0.4) is 0 Å². The first kappa shape index (κ1) is 25.0. The van der Waals surface area contributed by atoms with Gasteiger partial charge in [0.05, 0.1) is 23.0 Å². The summed E-state index contributed by atoms with van der Waals surface area (Å²) in [5, 5.41) is 1.36. The molecular formula is C28H31ClN6OS2. The van der Waals surface area contributed by atoms with Gasteiger partial charge in [0.2, 0.25) is 0 Å². The fraction of sp³-hybridized carbons (Fsp3) is 0.464. The first-order valence-corrected chi connectivity index (χ1v) is 15.6. The van der Waals surface area contributed by atoms with E-state index < -0.39 is 11.4 Å². The summed E-state index contributed by atoms with van der Waals surface area (Å²) in [6.45, 7) is 5.88. The molecule has 0 radical (unpaired) electrons. The summed E-state index contributed by atoms with van der Waals surface area (Å²) >= 11 is 6.97. The van der Waals surface area contributed by atoms with Crippen molar-refractivity contribution >= 4 is 46.4 Å². The molecule has 1 saturated carbocycles. The Bertz CT molecular complexity index is 1420. The van der Waals surface area contributed by atoms with Gasteiger partial charge in [-0.25, -0.2) is 9.97 Å². The molecule has 2 aliphatic carbocycles. The second kappa shape index (κ2) is 8.99. The Labute approximate surface area is 235 Å². The van der Waals surface area contributed by atoms with E-state index in [9.17, 15) is 4.55 Å². The zero-order valence-corrected chi connectivity index (χ0v) is 23.9. The largest absolute Gasteiger partial charge is 0.597 e. The van der Waals surface area contributed by atoms with Crippen molar-refractivity contribution in [2.75, 3.05) is 23.7 Å². The van der Waals surface area contributed by atoms with Gasteiger partial charge in [-0.15, -0.1) is 4.72 Å². The van der Waals surface area contributed by atoms with Crippen LogP contribution in [0.1, 0.15) is 73.9 Å². The fourth-order valence-corrected chi connectivity index (χ4v) is 8.91. The van der Waals surface area contributed by atoms with Gasteiger partial charge in [0.25, 0.3) is 0 Å². The first-order chi connectivity index (χ1) is 18.3. The molecule has 7 nitrogen and oxygen atoms in total. The van der Waals surface area contributed by atoms with Gasteiger partial charge >= 0.3 is 0 Å². The van der Waals surface area contributed by atoms with E-state index in [1.54, 1.807) is 0 Å². The molecule has 0 amide bonds. The van der Waals surface area contributed by atoms with E-state index in [0.717, 1.165) is 61.6 Å². The number of hydrogen-bond donors (Lipinski definition) is 2. The smallest absolute Gasteiger partial charge is 0.164 e. The molecule has 4 aliphatic rings. The van der Waals surface area contributed by atoms with Crippen molar-refractivity contribution in [1.82, 2.24) is 19.7 Å². The monoisotopic (exact) mass is 566 g/mol. The molecule has 0 bridgehead atoms. The van der Waals surface area contributed by atoms with Gasteiger partial charge in [0.15, 0.2) is 10.6 Å². The molecule has 4 heterocycles. The normalized spacial score (nSPS) is 25.0. The molecule has 3 N–H and O–H groups in total. The van der Waals surface area contributed by atoms with Gasteiger partial charge in [-0.1, -0.05) is 41.6 Å². The van der Waals surface area contributed by atoms with Crippen LogP contribution in [0, 0.1) is 5.41 Å². The minimum atomic E-state index is -1.12. The lowest BCUT2D eigenvalue weighted by Gasteiger charge is -2.46. The minimum Gasteiger partial charge on any atom is -0.597 e. The van der Waals surface area contributed by atoms with Crippen LogP contribution in [0.15, 0.2) is 46.6 Å². The van der Waals surface area contributed by atoms with Crippen molar-refractivity contribution in [3.63, 3.8) is 0 Å². The van der Waals surface area contributed by atoms with Crippen molar-refractivity contribution in [2.24, 2.45) is 5.41 Å². The molecule has 0 unspecified atom stereocenters. The summed E-state index contributed by atoms with van der Waals surface area (Å²) in [6.07, 6.45) is 8.93. The Hall–Kier alpha value is -2.04. The lowest BCUT2D eigenvalue weighted by atomic mass is 9.72. The van der Waals surface area contributed by atoms with Crippen LogP contribution >= 0.6 is 23.4 Å². The van der Waals surface area contributed by atoms with E-state index in [1.165, 1.54) is 28.5 Å². The van der Waals surface area contributed by atoms with E-state index in [-0.39, 0.29) is 16.2 Å². The number of anilines is 2. The number of halogens is 1. The zero-order valence-electron chi connectivity index (χ0n) is 21.5. The van der Waals surface area contributed by atoms with Crippen LogP contribution in [0.4, 0.5) is 11.6 Å². The topological polar surface area (TPSA) is 103 Å². The molecule has 2 atom stereocenters. The Kier molecular flexibility index (Phi) is 5.91. The first-order valence-electron chi connectivity index (χ1n) is 13.3. The lowest BCUT2D eigenvalue weighted by molar-refractivity contribution is 0.173. The van der Waals surface area contributed by atoms with Crippen LogP contribution in [0.25, 0.3) is 0 Å². The molecule has 198 valence electrons. The number of rotatable bonds is 4.